The molecule has 1 aromatic carbocycles. The molecule has 0 saturated carbocycles. The topological polar surface area (TPSA) is 68.8 Å². The van der Waals surface area contributed by atoms with E-state index in [4.69, 9.17) is 17.3 Å². The van der Waals surface area contributed by atoms with Crippen LogP contribution in [0.4, 0.5) is 0 Å². The number of rotatable bonds is 3. The van der Waals surface area contributed by atoms with Gasteiger partial charge in [0.1, 0.15) is 11.6 Å². The molecule has 1 aliphatic rings. The molecule has 5 nitrogen and oxygen atoms in total. The summed E-state index contributed by atoms with van der Waals surface area (Å²) in [5.41, 5.74) is 7.41. The summed E-state index contributed by atoms with van der Waals surface area (Å²) in [7, 11) is 0. The predicted molar refractivity (Wildman–Crippen MR) is 73.8 cm³/mol. The van der Waals surface area contributed by atoms with E-state index in [0.717, 1.165) is 48.3 Å². The molecule has 0 saturated heterocycles. The number of halogens is 1. The lowest BCUT2D eigenvalue weighted by atomic mass is 10.1. The number of hydrogen-bond acceptors (Lipinski definition) is 4. The Morgan fingerprint density at radius 1 is 1.32 bits per heavy atom. The van der Waals surface area contributed by atoms with Crippen molar-refractivity contribution < 1.29 is 0 Å². The van der Waals surface area contributed by atoms with Crippen LogP contribution in [0.3, 0.4) is 0 Å². The molecule has 0 radical (unpaired) electrons. The van der Waals surface area contributed by atoms with E-state index in [-0.39, 0.29) is 6.04 Å². The molecule has 1 aliphatic heterocycles. The van der Waals surface area contributed by atoms with Crippen LogP contribution in [0.2, 0.25) is 5.02 Å². The first-order valence-electron chi connectivity index (χ1n) is 6.37. The van der Waals surface area contributed by atoms with Gasteiger partial charge in [-0.2, -0.15) is 0 Å². The fourth-order valence-electron chi connectivity index (χ4n) is 2.35. The van der Waals surface area contributed by atoms with Gasteiger partial charge in [-0.25, -0.2) is 0 Å². The molecular weight excluding hydrogens is 262 g/mol. The molecule has 0 aliphatic carbocycles. The number of nitrogens with two attached hydrogens (primary N) is 1. The van der Waals surface area contributed by atoms with Gasteiger partial charge < -0.3 is 15.6 Å². The van der Waals surface area contributed by atoms with Crippen LogP contribution in [-0.2, 0) is 19.5 Å². The van der Waals surface area contributed by atoms with Crippen molar-refractivity contribution in [3.05, 3.63) is 46.5 Å². The molecule has 0 fully saturated rings. The standard InChI is InChI=1S/C13H16ClN5/c14-10-3-1-9(2-4-10)7-11(15)13-18-17-12-8-16-5-6-19(12)13/h1-4,11,16H,5-8,15H2. The van der Waals surface area contributed by atoms with Gasteiger partial charge in [0.2, 0.25) is 0 Å². The third-order valence-electron chi connectivity index (χ3n) is 3.35. The number of nitrogens with one attached hydrogen (secondary N) is 1. The Bertz CT molecular complexity index is 563. The zero-order chi connectivity index (χ0) is 13.2. The van der Waals surface area contributed by atoms with Crippen molar-refractivity contribution in [3.63, 3.8) is 0 Å². The molecular formula is C13H16ClN5. The van der Waals surface area contributed by atoms with E-state index in [1.165, 1.54) is 0 Å². The second kappa shape index (κ2) is 5.28. The molecule has 1 unspecified atom stereocenters. The van der Waals surface area contributed by atoms with Crippen LogP contribution < -0.4 is 11.1 Å². The average molecular weight is 278 g/mol. The quantitative estimate of drug-likeness (QED) is 0.887. The van der Waals surface area contributed by atoms with Gasteiger partial charge in [0.05, 0.1) is 12.6 Å². The fraction of sp³-hybridized carbons (Fsp3) is 0.385. The summed E-state index contributed by atoms with van der Waals surface area (Å²) in [6, 6.07) is 7.62. The maximum absolute atomic E-state index is 6.26. The Morgan fingerprint density at radius 2 is 2.11 bits per heavy atom. The molecule has 19 heavy (non-hydrogen) atoms. The van der Waals surface area contributed by atoms with E-state index < -0.39 is 0 Å². The maximum Gasteiger partial charge on any atom is 0.150 e. The minimum atomic E-state index is -0.138. The lowest BCUT2D eigenvalue weighted by Gasteiger charge is -2.18. The van der Waals surface area contributed by atoms with Gasteiger partial charge in [-0.1, -0.05) is 23.7 Å². The van der Waals surface area contributed by atoms with Crippen LogP contribution in [-0.4, -0.2) is 21.3 Å². The molecule has 1 aromatic heterocycles. The summed E-state index contributed by atoms with van der Waals surface area (Å²) < 4.78 is 2.12. The number of aromatic nitrogens is 3. The molecule has 0 bridgehead atoms. The number of benzene rings is 1. The second-order valence-electron chi connectivity index (χ2n) is 4.74. The van der Waals surface area contributed by atoms with Crippen LogP contribution in [0.1, 0.15) is 23.3 Å². The molecule has 0 amide bonds. The minimum absolute atomic E-state index is 0.138. The predicted octanol–water partition coefficient (Wildman–Crippen LogP) is 1.28. The number of fused-ring (bicyclic) bond motifs is 1. The van der Waals surface area contributed by atoms with Gasteiger partial charge in [-0.15, -0.1) is 10.2 Å². The lowest BCUT2D eigenvalue weighted by molar-refractivity contribution is 0.478. The molecule has 1 atom stereocenters. The summed E-state index contributed by atoms with van der Waals surface area (Å²) in [6.45, 7) is 2.58. The molecule has 3 N–H and O–H groups in total. The Hall–Kier alpha value is -1.43. The van der Waals surface area contributed by atoms with Crippen molar-refractivity contribution in [3.8, 4) is 0 Å². The Balaban J connectivity index is 1.78. The van der Waals surface area contributed by atoms with Gasteiger partial charge in [0.15, 0.2) is 0 Å². The SMILES string of the molecule is NC(Cc1ccc(Cl)cc1)c1nnc2n1CCNC2. The lowest BCUT2D eigenvalue weighted by Crippen LogP contribution is -2.30. The third kappa shape index (κ3) is 2.63. The second-order valence-corrected chi connectivity index (χ2v) is 5.18. The zero-order valence-corrected chi connectivity index (χ0v) is 11.3. The average Bonchev–Trinajstić information content (AvgIpc) is 2.85. The van der Waals surface area contributed by atoms with Crippen LogP contribution in [0.5, 0.6) is 0 Å². The maximum atomic E-state index is 6.26. The largest absolute Gasteiger partial charge is 0.321 e. The Labute approximate surface area is 116 Å². The minimum Gasteiger partial charge on any atom is -0.321 e. The van der Waals surface area contributed by atoms with Crippen molar-refractivity contribution >= 4 is 11.6 Å². The Kier molecular flexibility index (Phi) is 3.50. The molecule has 2 aromatic rings. The van der Waals surface area contributed by atoms with Crippen molar-refractivity contribution in [1.82, 2.24) is 20.1 Å². The van der Waals surface area contributed by atoms with Crippen LogP contribution in [0.25, 0.3) is 0 Å². The van der Waals surface area contributed by atoms with E-state index in [1.807, 2.05) is 24.3 Å². The number of nitrogens with zero attached hydrogens (tertiary/aromatic N) is 3. The molecule has 6 heteroatoms. The van der Waals surface area contributed by atoms with Crippen LogP contribution >= 0.6 is 11.6 Å². The summed E-state index contributed by atoms with van der Waals surface area (Å²) in [5.74, 6) is 1.83. The highest BCUT2D eigenvalue weighted by atomic mass is 35.5. The summed E-state index contributed by atoms with van der Waals surface area (Å²) >= 11 is 5.88. The van der Waals surface area contributed by atoms with Crippen LogP contribution in [0, 0.1) is 0 Å². The molecule has 3 rings (SSSR count). The summed E-state index contributed by atoms with van der Waals surface area (Å²) in [5, 5.41) is 12.4. The van der Waals surface area contributed by atoms with Gasteiger partial charge in [-0.05, 0) is 24.1 Å². The van der Waals surface area contributed by atoms with Crippen LogP contribution in [0.15, 0.2) is 24.3 Å². The van der Waals surface area contributed by atoms with Gasteiger partial charge in [-0.3, -0.25) is 0 Å². The van der Waals surface area contributed by atoms with Crippen molar-refractivity contribution in [2.24, 2.45) is 5.73 Å². The first-order chi connectivity index (χ1) is 9.24. The highest BCUT2D eigenvalue weighted by Crippen LogP contribution is 2.18. The van der Waals surface area contributed by atoms with Crippen molar-refractivity contribution in [1.29, 1.82) is 0 Å². The van der Waals surface area contributed by atoms with E-state index in [1.54, 1.807) is 0 Å². The van der Waals surface area contributed by atoms with Gasteiger partial charge in [0.25, 0.3) is 0 Å². The first-order valence-corrected chi connectivity index (χ1v) is 6.74. The van der Waals surface area contributed by atoms with Gasteiger partial charge in [0, 0.05) is 18.1 Å². The van der Waals surface area contributed by atoms with E-state index >= 15 is 0 Å². The highest BCUT2D eigenvalue weighted by Gasteiger charge is 2.20. The number of hydrogen-bond donors (Lipinski definition) is 2. The van der Waals surface area contributed by atoms with Crippen molar-refractivity contribution in [2.75, 3.05) is 6.54 Å². The Morgan fingerprint density at radius 3 is 2.89 bits per heavy atom. The van der Waals surface area contributed by atoms with E-state index in [2.05, 4.69) is 20.1 Å². The molecule has 100 valence electrons. The zero-order valence-electron chi connectivity index (χ0n) is 10.5. The molecule has 2 heterocycles. The highest BCUT2D eigenvalue weighted by molar-refractivity contribution is 6.30. The monoisotopic (exact) mass is 277 g/mol. The fourth-order valence-corrected chi connectivity index (χ4v) is 2.48. The van der Waals surface area contributed by atoms with E-state index in [9.17, 15) is 0 Å². The third-order valence-corrected chi connectivity index (χ3v) is 3.60. The normalized spacial score (nSPS) is 16.1. The smallest absolute Gasteiger partial charge is 0.150 e. The van der Waals surface area contributed by atoms with Crippen molar-refractivity contribution in [2.45, 2.75) is 25.6 Å². The molecule has 0 spiro atoms. The van der Waals surface area contributed by atoms with E-state index in [0.29, 0.717) is 0 Å². The summed E-state index contributed by atoms with van der Waals surface area (Å²) in [6.07, 6.45) is 0.739. The van der Waals surface area contributed by atoms with Gasteiger partial charge >= 0.3 is 0 Å². The first kappa shape index (κ1) is 12.6. The summed E-state index contributed by atoms with van der Waals surface area (Å²) in [4.78, 5) is 0.